The van der Waals surface area contributed by atoms with Crippen LogP contribution in [0.4, 0.5) is 4.39 Å². The number of aromatic nitrogens is 1. The van der Waals surface area contributed by atoms with Gasteiger partial charge in [-0.05, 0) is 43.5 Å². The van der Waals surface area contributed by atoms with Crippen molar-refractivity contribution in [3.8, 4) is 5.75 Å². The van der Waals surface area contributed by atoms with Gasteiger partial charge in [-0.15, -0.1) is 0 Å². The number of aromatic amines is 1. The molecule has 0 spiro atoms. The molecule has 1 aliphatic carbocycles. The summed E-state index contributed by atoms with van der Waals surface area (Å²) in [6.45, 7) is 0. The molecule has 146 valence electrons. The minimum Gasteiger partial charge on any atom is -0.488 e. The van der Waals surface area contributed by atoms with Crippen LogP contribution < -0.4 is 4.74 Å². The van der Waals surface area contributed by atoms with Crippen LogP contribution in [-0.2, 0) is 0 Å². The minimum atomic E-state index is -0.802. The molecule has 1 amide bonds. The van der Waals surface area contributed by atoms with Gasteiger partial charge in [0.05, 0.1) is 11.6 Å². The first-order valence-electron chi connectivity index (χ1n) is 9.49. The van der Waals surface area contributed by atoms with E-state index in [1.54, 1.807) is 25.2 Å². The van der Waals surface area contributed by atoms with Gasteiger partial charge in [0.2, 0.25) is 0 Å². The van der Waals surface area contributed by atoms with Crippen LogP contribution in [0.2, 0.25) is 0 Å². The van der Waals surface area contributed by atoms with Crippen molar-refractivity contribution in [2.24, 2.45) is 0 Å². The Labute approximate surface area is 162 Å². The number of carbonyl (C=O) groups excluding carboxylic acids is 1. The zero-order valence-electron chi connectivity index (χ0n) is 15.6. The molecule has 0 aliphatic heterocycles. The van der Waals surface area contributed by atoms with E-state index in [-0.39, 0.29) is 18.1 Å². The fourth-order valence-electron chi connectivity index (χ4n) is 3.92. The van der Waals surface area contributed by atoms with E-state index in [4.69, 9.17) is 4.74 Å². The number of fused-ring (bicyclic) bond motifs is 1. The molecule has 0 bridgehead atoms. The molecule has 6 heteroatoms. The predicted octanol–water partition coefficient (Wildman–Crippen LogP) is 3.74. The van der Waals surface area contributed by atoms with Gasteiger partial charge in [0, 0.05) is 12.4 Å². The number of hydrogen-bond acceptors (Lipinski definition) is 3. The highest BCUT2D eigenvalue weighted by Crippen LogP contribution is 2.28. The molecular formula is C22H23FN2O3. The maximum atomic E-state index is 13.9. The lowest BCUT2D eigenvalue weighted by atomic mass is 9.88. The summed E-state index contributed by atoms with van der Waals surface area (Å²) < 4.78 is 19.9. The Balaban J connectivity index is 1.51. The number of halogens is 1. The van der Waals surface area contributed by atoms with Crippen molar-refractivity contribution in [1.29, 1.82) is 0 Å². The third-order valence-electron chi connectivity index (χ3n) is 5.45. The lowest BCUT2D eigenvalue weighted by Gasteiger charge is -2.39. The van der Waals surface area contributed by atoms with E-state index in [1.807, 2.05) is 30.3 Å². The lowest BCUT2D eigenvalue weighted by Crippen LogP contribution is -2.53. The van der Waals surface area contributed by atoms with Crippen molar-refractivity contribution in [1.82, 2.24) is 9.88 Å². The molecule has 0 radical (unpaired) electrons. The smallest absolute Gasteiger partial charge is 0.270 e. The van der Waals surface area contributed by atoms with Crippen LogP contribution in [-0.4, -0.2) is 46.2 Å². The second kappa shape index (κ2) is 7.64. The molecule has 4 rings (SSSR count). The second-order valence-electron chi connectivity index (χ2n) is 7.26. The number of amides is 1. The Morgan fingerprint density at radius 2 is 1.96 bits per heavy atom. The highest BCUT2D eigenvalue weighted by Gasteiger charge is 2.37. The number of para-hydroxylation sites is 2. The molecule has 0 unspecified atom stereocenters. The summed E-state index contributed by atoms with van der Waals surface area (Å²) >= 11 is 0. The van der Waals surface area contributed by atoms with Gasteiger partial charge in [-0.3, -0.25) is 4.79 Å². The van der Waals surface area contributed by atoms with Crippen LogP contribution in [0, 0.1) is 5.82 Å². The summed E-state index contributed by atoms with van der Waals surface area (Å²) in [5, 5.41) is 11.5. The third-order valence-corrected chi connectivity index (χ3v) is 5.45. The number of hydrogen-bond donors (Lipinski definition) is 2. The highest BCUT2D eigenvalue weighted by molar-refractivity contribution is 5.98. The fraction of sp³-hybridized carbons (Fsp3) is 0.318. The molecule has 1 heterocycles. The maximum absolute atomic E-state index is 13.9. The average Bonchev–Trinajstić information content (AvgIpc) is 3.15. The van der Waals surface area contributed by atoms with E-state index in [1.165, 1.54) is 11.0 Å². The molecule has 1 saturated carbocycles. The average molecular weight is 382 g/mol. The predicted molar refractivity (Wildman–Crippen MR) is 105 cm³/mol. The molecule has 1 aliphatic rings. The monoisotopic (exact) mass is 382 g/mol. The molecule has 3 aromatic rings. The largest absolute Gasteiger partial charge is 0.488 e. The number of aliphatic hydroxyl groups is 1. The first-order chi connectivity index (χ1) is 13.5. The summed E-state index contributed by atoms with van der Waals surface area (Å²) in [7, 11) is 1.67. The van der Waals surface area contributed by atoms with E-state index in [9.17, 15) is 14.3 Å². The van der Waals surface area contributed by atoms with Crippen LogP contribution in [0.25, 0.3) is 10.9 Å². The Morgan fingerprint density at radius 1 is 1.18 bits per heavy atom. The molecule has 1 aromatic heterocycles. The van der Waals surface area contributed by atoms with Gasteiger partial charge in [-0.1, -0.05) is 30.3 Å². The van der Waals surface area contributed by atoms with Gasteiger partial charge in [-0.25, -0.2) is 4.39 Å². The van der Waals surface area contributed by atoms with Crippen molar-refractivity contribution in [2.75, 3.05) is 7.05 Å². The molecule has 3 atom stereocenters. The number of H-pyrrole nitrogens is 1. The van der Waals surface area contributed by atoms with Crippen LogP contribution >= 0.6 is 0 Å². The molecular weight excluding hydrogens is 359 g/mol. The molecule has 2 N–H and O–H groups in total. The van der Waals surface area contributed by atoms with E-state index in [0.717, 1.165) is 12.8 Å². The number of carbonyl (C=O) groups is 1. The Bertz CT molecular complexity index is 972. The first-order valence-corrected chi connectivity index (χ1v) is 9.49. The van der Waals surface area contributed by atoms with Gasteiger partial charge in [0.15, 0.2) is 0 Å². The molecule has 2 aromatic carbocycles. The number of likely N-dealkylation sites (N-methyl/N-ethyl adjacent to an activating group) is 1. The number of ether oxygens (including phenoxy) is 1. The minimum absolute atomic E-state index is 0.278. The van der Waals surface area contributed by atoms with Crippen molar-refractivity contribution in [3.05, 3.63) is 66.1 Å². The quantitative estimate of drug-likeness (QED) is 0.722. The van der Waals surface area contributed by atoms with Gasteiger partial charge >= 0.3 is 0 Å². The standard InChI is InChI=1S/C22H23FN2O3/c1-25(22(27)17-13-14-7-5-10-16(23)20(14)24-17)18-11-6-12-19(21(18)26)28-15-8-3-2-4-9-15/h2-5,7-10,13,18-19,21,24,26H,6,11-12H2,1H3/t18-,19-,21-/m1/s1. The molecule has 28 heavy (non-hydrogen) atoms. The van der Waals surface area contributed by atoms with Crippen molar-refractivity contribution in [3.63, 3.8) is 0 Å². The highest BCUT2D eigenvalue weighted by atomic mass is 19.1. The second-order valence-corrected chi connectivity index (χ2v) is 7.26. The Morgan fingerprint density at radius 3 is 2.71 bits per heavy atom. The normalized spacial score (nSPS) is 22.2. The van der Waals surface area contributed by atoms with E-state index in [2.05, 4.69) is 4.98 Å². The number of nitrogens with zero attached hydrogens (tertiary/aromatic N) is 1. The zero-order valence-corrected chi connectivity index (χ0v) is 15.6. The SMILES string of the molecule is CN(C(=O)c1cc2cccc(F)c2[nH]1)[C@@H]1CCC[C@@H](Oc2ccccc2)[C@@H]1O. The maximum Gasteiger partial charge on any atom is 0.270 e. The zero-order chi connectivity index (χ0) is 19.7. The molecule has 0 saturated heterocycles. The third kappa shape index (κ3) is 3.47. The Kier molecular flexibility index (Phi) is 5.05. The topological polar surface area (TPSA) is 65.6 Å². The molecule has 1 fully saturated rings. The summed E-state index contributed by atoms with van der Waals surface area (Å²) in [6, 6.07) is 15.4. The van der Waals surface area contributed by atoms with E-state index >= 15 is 0 Å². The van der Waals surface area contributed by atoms with Gasteiger partial charge in [0.25, 0.3) is 5.91 Å². The lowest BCUT2D eigenvalue weighted by molar-refractivity contribution is -0.0413. The van der Waals surface area contributed by atoms with Gasteiger partial charge in [0.1, 0.15) is 29.5 Å². The van der Waals surface area contributed by atoms with Crippen LogP contribution in [0.3, 0.4) is 0 Å². The number of rotatable bonds is 4. The number of benzene rings is 2. The first kappa shape index (κ1) is 18.5. The molecule has 5 nitrogen and oxygen atoms in total. The summed E-state index contributed by atoms with van der Waals surface area (Å²) in [5.74, 6) is 0.0283. The fourth-order valence-corrected chi connectivity index (χ4v) is 3.92. The van der Waals surface area contributed by atoms with Gasteiger partial charge in [-0.2, -0.15) is 0 Å². The number of aliphatic hydroxyl groups excluding tert-OH is 1. The van der Waals surface area contributed by atoms with E-state index < -0.39 is 11.9 Å². The Hall–Kier alpha value is -2.86. The summed E-state index contributed by atoms with van der Waals surface area (Å²) in [5.41, 5.74) is 0.620. The summed E-state index contributed by atoms with van der Waals surface area (Å²) in [4.78, 5) is 17.4. The van der Waals surface area contributed by atoms with Crippen molar-refractivity contribution < 1.29 is 19.0 Å². The van der Waals surface area contributed by atoms with Gasteiger partial charge < -0.3 is 19.7 Å². The summed E-state index contributed by atoms with van der Waals surface area (Å²) in [6.07, 6.45) is 1.08. The van der Waals surface area contributed by atoms with E-state index in [0.29, 0.717) is 28.8 Å². The van der Waals surface area contributed by atoms with Crippen molar-refractivity contribution >= 4 is 16.8 Å². The van der Waals surface area contributed by atoms with Crippen LogP contribution in [0.5, 0.6) is 5.75 Å². The van der Waals surface area contributed by atoms with Crippen LogP contribution in [0.1, 0.15) is 29.8 Å². The van der Waals surface area contributed by atoms with Crippen molar-refractivity contribution in [2.45, 2.75) is 37.5 Å². The number of nitrogens with one attached hydrogen (secondary N) is 1. The van der Waals surface area contributed by atoms with Crippen LogP contribution in [0.15, 0.2) is 54.6 Å².